The van der Waals surface area contributed by atoms with Crippen LogP contribution in [0.4, 0.5) is 4.39 Å². The molecular weight excluding hydrogens is 305 g/mol. The highest BCUT2D eigenvalue weighted by molar-refractivity contribution is 7.15. The first-order valence-corrected chi connectivity index (χ1v) is 7.41. The fraction of sp³-hybridized carbons (Fsp3) is 0.125. The molecule has 0 aliphatic carbocycles. The second-order valence-corrected chi connectivity index (χ2v) is 5.61. The number of ether oxygens (including phenoxy) is 1. The van der Waals surface area contributed by atoms with Gasteiger partial charge in [-0.3, -0.25) is 9.59 Å². The predicted octanol–water partition coefficient (Wildman–Crippen LogP) is 3.33. The molecule has 2 heterocycles. The van der Waals surface area contributed by atoms with Gasteiger partial charge in [0.2, 0.25) is 0 Å². The molecule has 0 spiro atoms. The van der Waals surface area contributed by atoms with Crippen molar-refractivity contribution >= 4 is 28.4 Å². The van der Waals surface area contributed by atoms with E-state index in [0.29, 0.717) is 17.0 Å². The van der Waals surface area contributed by atoms with Gasteiger partial charge in [-0.2, -0.15) is 0 Å². The molecule has 0 aliphatic rings. The molecule has 0 radical (unpaired) electrons. The molecule has 0 bridgehead atoms. The zero-order valence-electron chi connectivity index (χ0n) is 11.7. The van der Waals surface area contributed by atoms with Gasteiger partial charge < -0.3 is 9.14 Å². The first-order chi connectivity index (χ1) is 10.6. The lowest BCUT2D eigenvalue weighted by molar-refractivity contribution is -0.139. The van der Waals surface area contributed by atoms with Crippen molar-refractivity contribution < 1.29 is 18.7 Å². The van der Waals surface area contributed by atoms with Gasteiger partial charge in [-0.25, -0.2) is 4.39 Å². The Labute approximate surface area is 129 Å². The number of methoxy groups -OCH3 is 1. The summed E-state index contributed by atoms with van der Waals surface area (Å²) in [6.07, 6.45) is 0.841. The van der Waals surface area contributed by atoms with E-state index >= 15 is 0 Å². The summed E-state index contributed by atoms with van der Waals surface area (Å²) in [5.41, 5.74) is 2.61. The number of aldehydes is 1. The molecule has 0 saturated carbocycles. The Morgan fingerprint density at radius 3 is 2.73 bits per heavy atom. The molecule has 0 saturated heterocycles. The minimum absolute atomic E-state index is 0.0921. The third-order valence-electron chi connectivity index (χ3n) is 3.43. The summed E-state index contributed by atoms with van der Waals surface area (Å²) in [6, 6.07) is 7.82. The number of hydrogen-bond acceptors (Lipinski definition) is 4. The summed E-state index contributed by atoms with van der Waals surface area (Å²) in [5, 5.41) is 1.83. The Morgan fingerprint density at radius 1 is 1.36 bits per heavy atom. The van der Waals surface area contributed by atoms with Crippen LogP contribution in [-0.2, 0) is 16.0 Å². The van der Waals surface area contributed by atoms with E-state index in [9.17, 15) is 14.0 Å². The number of hydrogen-bond donors (Lipinski definition) is 0. The van der Waals surface area contributed by atoms with E-state index in [1.54, 1.807) is 16.5 Å². The van der Waals surface area contributed by atoms with Crippen molar-refractivity contribution in [1.29, 1.82) is 0 Å². The average molecular weight is 317 g/mol. The first-order valence-electron chi connectivity index (χ1n) is 6.54. The lowest BCUT2D eigenvalue weighted by Crippen LogP contribution is -2.07. The summed E-state index contributed by atoms with van der Waals surface area (Å²) in [7, 11) is 1.33. The molecule has 4 nitrogen and oxygen atoms in total. The molecule has 0 fully saturated rings. The summed E-state index contributed by atoms with van der Waals surface area (Å²) >= 11 is 1.44. The largest absolute Gasteiger partial charge is 0.469 e. The number of esters is 1. The number of nitrogens with zero attached hydrogens (tertiary/aromatic N) is 1. The molecule has 1 aromatic carbocycles. The maximum absolute atomic E-state index is 13.1. The summed E-state index contributed by atoms with van der Waals surface area (Å²) in [6.45, 7) is 0. The van der Waals surface area contributed by atoms with E-state index in [1.165, 1.54) is 30.6 Å². The molecule has 6 heteroatoms. The Kier molecular flexibility index (Phi) is 3.77. The van der Waals surface area contributed by atoms with Crippen molar-refractivity contribution in [2.45, 2.75) is 6.42 Å². The second-order valence-electron chi connectivity index (χ2n) is 4.72. The molecule has 0 N–H and O–H groups in total. The van der Waals surface area contributed by atoms with E-state index in [-0.39, 0.29) is 18.2 Å². The van der Waals surface area contributed by atoms with Gasteiger partial charge in [-0.1, -0.05) is 12.1 Å². The van der Waals surface area contributed by atoms with Gasteiger partial charge in [0.25, 0.3) is 0 Å². The van der Waals surface area contributed by atoms with Crippen LogP contribution < -0.4 is 0 Å². The number of fused-ring (bicyclic) bond motifs is 1. The highest BCUT2D eigenvalue weighted by atomic mass is 32.1. The maximum Gasteiger partial charge on any atom is 0.311 e. The predicted molar refractivity (Wildman–Crippen MR) is 81.8 cm³/mol. The van der Waals surface area contributed by atoms with E-state index in [4.69, 9.17) is 0 Å². The number of aromatic nitrogens is 1. The SMILES string of the molecule is COC(=O)Cc1csc2cc(-c3ccc(F)cc3)c(C=O)n12. The lowest BCUT2D eigenvalue weighted by atomic mass is 10.1. The Hall–Kier alpha value is -2.47. The molecular formula is C16H12FNO3S. The van der Waals surface area contributed by atoms with Crippen LogP contribution in [0.25, 0.3) is 16.0 Å². The fourth-order valence-corrected chi connectivity index (χ4v) is 3.34. The zero-order chi connectivity index (χ0) is 15.7. The van der Waals surface area contributed by atoms with Crippen molar-refractivity contribution in [3.63, 3.8) is 0 Å². The van der Waals surface area contributed by atoms with E-state index < -0.39 is 0 Å². The first kappa shape index (κ1) is 14.5. The monoisotopic (exact) mass is 317 g/mol. The molecule has 112 valence electrons. The van der Waals surface area contributed by atoms with Crippen LogP contribution in [0.2, 0.25) is 0 Å². The van der Waals surface area contributed by atoms with Crippen LogP contribution in [0.1, 0.15) is 16.2 Å². The van der Waals surface area contributed by atoms with Gasteiger partial charge in [0.1, 0.15) is 10.6 Å². The van der Waals surface area contributed by atoms with Gasteiger partial charge in [-0.15, -0.1) is 11.3 Å². The molecule has 0 unspecified atom stereocenters. The number of carbonyl (C=O) groups is 2. The minimum atomic E-state index is -0.367. The molecule has 3 rings (SSSR count). The fourth-order valence-electron chi connectivity index (χ4n) is 2.38. The standard InChI is InChI=1S/C16H12FNO3S/c1-21-16(20)6-12-9-22-15-7-13(14(8-19)18(12)15)10-2-4-11(17)5-3-10/h2-5,7-9H,6H2,1H3. The van der Waals surface area contributed by atoms with Crippen molar-refractivity contribution in [2.75, 3.05) is 7.11 Å². The molecule has 3 aromatic rings. The van der Waals surface area contributed by atoms with Gasteiger partial charge in [-0.05, 0) is 23.8 Å². The van der Waals surface area contributed by atoms with Gasteiger partial charge in [0.15, 0.2) is 6.29 Å². The molecule has 2 aromatic heterocycles. The van der Waals surface area contributed by atoms with E-state index in [2.05, 4.69) is 4.74 Å². The number of rotatable bonds is 4. The van der Waals surface area contributed by atoms with Crippen LogP contribution in [0.5, 0.6) is 0 Å². The molecule has 0 aliphatic heterocycles. The van der Waals surface area contributed by atoms with Crippen molar-refractivity contribution in [2.24, 2.45) is 0 Å². The zero-order valence-corrected chi connectivity index (χ0v) is 12.5. The third-order valence-corrected chi connectivity index (χ3v) is 4.36. The number of thiazole rings is 1. The third kappa shape index (κ3) is 2.42. The Balaban J connectivity index is 2.14. The summed E-state index contributed by atoms with van der Waals surface area (Å²) in [4.78, 5) is 23.9. The van der Waals surface area contributed by atoms with E-state index in [0.717, 1.165) is 16.7 Å². The molecule has 0 amide bonds. The Morgan fingerprint density at radius 2 is 2.09 bits per heavy atom. The van der Waals surface area contributed by atoms with Crippen LogP contribution in [-0.4, -0.2) is 23.8 Å². The highest BCUT2D eigenvalue weighted by Gasteiger charge is 2.17. The minimum Gasteiger partial charge on any atom is -0.469 e. The van der Waals surface area contributed by atoms with Crippen molar-refractivity contribution in [3.05, 3.63) is 52.9 Å². The molecule has 0 atom stereocenters. The summed E-state index contributed by atoms with van der Waals surface area (Å²) in [5.74, 6) is -0.697. The number of benzene rings is 1. The number of carbonyl (C=O) groups excluding carboxylic acids is 2. The second kappa shape index (κ2) is 5.73. The maximum atomic E-state index is 13.1. The van der Waals surface area contributed by atoms with Crippen molar-refractivity contribution in [1.82, 2.24) is 4.40 Å². The lowest BCUT2D eigenvalue weighted by Gasteiger charge is -2.03. The van der Waals surface area contributed by atoms with Crippen LogP contribution in [0.3, 0.4) is 0 Å². The quantitative estimate of drug-likeness (QED) is 0.548. The highest BCUT2D eigenvalue weighted by Crippen LogP contribution is 2.31. The smallest absolute Gasteiger partial charge is 0.311 e. The van der Waals surface area contributed by atoms with Gasteiger partial charge in [0.05, 0.1) is 19.2 Å². The van der Waals surface area contributed by atoms with Crippen LogP contribution >= 0.6 is 11.3 Å². The Bertz CT molecular complexity index is 848. The van der Waals surface area contributed by atoms with Crippen LogP contribution in [0.15, 0.2) is 35.7 Å². The molecule has 22 heavy (non-hydrogen) atoms. The average Bonchev–Trinajstić information content (AvgIpc) is 3.07. The topological polar surface area (TPSA) is 47.8 Å². The summed E-state index contributed by atoms with van der Waals surface area (Å²) < 4.78 is 19.5. The van der Waals surface area contributed by atoms with Crippen LogP contribution in [0, 0.1) is 5.82 Å². The van der Waals surface area contributed by atoms with Gasteiger partial charge in [0, 0.05) is 16.6 Å². The number of halogens is 1. The van der Waals surface area contributed by atoms with E-state index in [1.807, 2.05) is 11.4 Å². The normalized spacial score (nSPS) is 10.8. The van der Waals surface area contributed by atoms with Crippen molar-refractivity contribution in [3.8, 4) is 11.1 Å². The van der Waals surface area contributed by atoms with Gasteiger partial charge >= 0.3 is 5.97 Å².